The van der Waals surface area contributed by atoms with Crippen molar-refractivity contribution in [3.63, 3.8) is 0 Å². The van der Waals surface area contributed by atoms with Gasteiger partial charge in [-0.2, -0.15) is 8.78 Å². The fourth-order valence-electron chi connectivity index (χ4n) is 2.33. The van der Waals surface area contributed by atoms with Crippen LogP contribution in [-0.2, 0) is 11.3 Å². The van der Waals surface area contributed by atoms with Crippen molar-refractivity contribution in [1.29, 1.82) is 0 Å². The van der Waals surface area contributed by atoms with E-state index in [1.807, 2.05) is 32.0 Å². The molecule has 124 valence electrons. The van der Waals surface area contributed by atoms with Crippen molar-refractivity contribution in [3.8, 4) is 0 Å². The molecule has 2 aromatic rings. The lowest BCUT2D eigenvalue weighted by molar-refractivity contribution is -0.117. The summed E-state index contributed by atoms with van der Waals surface area (Å²) < 4.78 is 26.3. The third kappa shape index (κ3) is 4.59. The number of alkyl halides is 2. The lowest BCUT2D eigenvalue weighted by Crippen LogP contribution is -2.31. The van der Waals surface area contributed by atoms with Gasteiger partial charge < -0.3 is 5.32 Å². The fraction of sp³-hybridized carbons (Fsp3) is 0.375. The van der Waals surface area contributed by atoms with Crippen LogP contribution in [0.25, 0.3) is 0 Å². The number of aromatic nitrogens is 2. The summed E-state index contributed by atoms with van der Waals surface area (Å²) in [7, 11) is 1.69. The summed E-state index contributed by atoms with van der Waals surface area (Å²) in [5, 5.41) is 2.83. The molecule has 1 aromatic heterocycles. The van der Waals surface area contributed by atoms with Crippen molar-refractivity contribution < 1.29 is 13.6 Å². The molecule has 1 amide bonds. The van der Waals surface area contributed by atoms with Crippen LogP contribution < -0.4 is 5.32 Å². The summed E-state index contributed by atoms with van der Waals surface area (Å²) in [5.74, 6) is 0.0245. The summed E-state index contributed by atoms with van der Waals surface area (Å²) >= 11 is 0. The normalized spacial score (nSPS) is 11.3. The monoisotopic (exact) mass is 322 g/mol. The molecule has 0 aliphatic carbocycles. The Hall–Kier alpha value is -2.28. The van der Waals surface area contributed by atoms with E-state index in [0.29, 0.717) is 0 Å². The van der Waals surface area contributed by atoms with Crippen LogP contribution >= 0.6 is 0 Å². The smallest absolute Gasteiger partial charge is 0.319 e. The largest absolute Gasteiger partial charge is 0.325 e. The third-order valence-electron chi connectivity index (χ3n) is 3.44. The summed E-state index contributed by atoms with van der Waals surface area (Å²) in [6.45, 7) is 1.52. The Morgan fingerprint density at radius 1 is 1.39 bits per heavy atom. The van der Waals surface area contributed by atoms with E-state index in [0.717, 1.165) is 21.4 Å². The number of anilines is 1. The van der Waals surface area contributed by atoms with Gasteiger partial charge in [0, 0.05) is 18.1 Å². The molecular formula is C16H20F2N4O. The van der Waals surface area contributed by atoms with Crippen molar-refractivity contribution >= 4 is 11.6 Å². The van der Waals surface area contributed by atoms with Gasteiger partial charge in [0.1, 0.15) is 5.82 Å². The molecule has 0 radical (unpaired) electrons. The Labute approximate surface area is 133 Å². The number of nitrogens with one attached hydrogen (secondary N) is 1. The van der Waals surface area contributed by atoms with Gasteiger partial charge in [-0.05, 0) is 32.5 Å². The molecule has 0 saturated carbocycles. The number of rotatable bonds is 6. The fourth-order valence-corrected chi connectivity index (χ4v) is 2.33. The van der Waals surface area contributed by atoms with Crippen LogP contribution in [0.15, 0.2) is 30.6 Å². The van der Waals surface area contributed by atoms with Crippen LogP contribution in [0.1, 0.15) is 23.5 Å². The van der Waals surface area contributed by atoms with Gasteiger partial charge in [-0.15, -0.1) is 0 Å². The summed E-state index contributed by atoms with van der Waals surface area (Å²) in [6, 6.07) is 5.76. The number of amides is 1. The SMILES string of the molecule is Cc1ccc(NC(=O)CN(C)Cc2nccn2C(F)F)c(C)c1. The van der Waals surface area contributed by atoms with Gasteiger partial charge in [0.2, 0.25) is 5.91 Å². The minimum atomic E-state index is -2.63. The maximum atomic E-state index is 12.8. The van der Waals surface area contributed by atoms with Crippen molar-refractivity contribution in [2.75, 3.05) is 18.9 Å². The second-order valence-electron chi connectivity index (χ2n) is 5.57. The van der Waals surface area contributed by atoms with Crippen LogP contribution in [-0.4, -0.2) is 34.0 Å². The summed E-state index contributed by atoms with van der Waals surface area (Å²) in [5.41, 5.74) is 2.86. The predicted octanol–water partition coefficient (Wildman–Crippen LogP) is 2.97. The van der Waals surface area contributed by atoms with E-state index in [2.05, 4.69) is 10.3 Å². The number of carbonyl (C=O) groups is 1. The van der Waals surface area contributed by atoms with Crippen LogP contribution in [0.4, 0.5) is 14.5 Å². The van der Waals surface area contributed by atoms with Crippen molar-refractivity contribution in [3.05, 3.63) is 47.5 Å². The molecule has 0 unspecified atom stereocenters. The second-order valence-corrected chi connectivity index (χ2v) is 5.57. The molecule has 1 N–H and O–H groups in total. The molecule has 0 spiro atoms. The highest BCUT2D eigenvalue weighted by molar-refractivity contribution is 5.92. The van der Waals surface area contributed by atoms with E-state index >= 15 is 0 Å². The topological polar surface area (TPSA) is 50.2 Å². The van der Waals surface area contributed by atoms with Crippen LogP contribution in [0.2, 0.25) is 0 Å². The van der Waals surface area contributed by atoms with Crippen LogP contribution in [0, 0.1) is 13.8 Å². The van der Waals surface area contributed by atoms with Gasteiger partial charge in [-0.1, -0.05) is 17.7 Å². The standard InChI is InChI=1S/C16H20F2N4O/c1-11-4-5-13(12(2)8-11)20-15(23)10-21(3)9-14-19-6-7-22(14)16(17)18/h4-8,16H,9-10H2,1-3H3,(H,20,23). The highest BCUT2D eigenvalue weighted by Crippen LogP contribution is 2.16. The summed E-state index contributed by atoms with van der Waals surface area (Å²) in [6.07, 6.45) is 2.55. The van der Waals surface area contributed by atoms with Crippen molar-refractivity contribution in [2.24, 2.45) is 0 Å². The average molecular weight is 322 g/mol. The number of halogens is 2. The third-order valence-corrected chi connectivity index (χ3v) is 3.44. The van der Waals surface area contributed by atoms with Crippen molar-refractivity contribution in [1.82, 2.24) is 14.5 Å². The molecule has 2 rings (SSSR count). The van der Waals surface area contributed by atoms with Gasteiger partial charge in [0.05, 0.1) is 13.1 Å². The van der Waals surface area contributed by atoms with Gasteiger partial charge >= 0.3 is 6.55 Å². The Morgan fingerprint density at radius 2 is 2.13 bits per heavy atom. The van der Waals surface area contributed by atoms with E-state index in [4.69, 9.17) is 0 Å². The first kappa shape index (κ1) is 17.1. The molecule has 0 bridgehead atoms. The number of hydrogen-bond acceptors (Lipinski definition) is 3. The minimum absolute atomic E-state index is 0.0867. The van der Waals surface area contributed by atoms with Crippen molar-refractivity contribution in [2.45, 2.75) is 26.9 Å². The molecule has 1 aromatic carbocycles. The lowest BCUT2D eigenvalue weighted by atomic mass is 10.1. The van der Waals surface area contributed by atoms with Gasteiger partial charge in [-0.25, -0.2) is 4.98 Å². The first-order valence-electron chi connectivity index (χ1n) is 7.22. The zero-order valence-electron chi connectivity index (χ0n) is 13.4. The Balaban J connectivity index is 1.93. The van der Waals surface area contributed by atoms with E-state index in [1.165, 1.54) is 12.4 Å². The van der Waals surface area contributed by atoms with E-state index < -0.39 is 6.55 Å². The maximum absolute atomic E-state index is 12.8. The molecule has 0 saturated heterocycles. The molecular weight excluding hydrogens is 302 g/mol. The first-order chi connectivity index (χ1) is 10.9. The zero-order chi connectivity index (χ0) is 17.0. The number of aryl methyl sites for hydroxylation is 2. The lowest BCUT2D eigenvalue weighted by Gasteiger charge is -2.17. The van der Waals surface area contributed by atoms with Gasteiger partial charge in [-0.3, -0.25) is 14.3 Å². The zero-order valence-corrected chi connectivity index (χ0v) is 13.4. The number of benzene rings is 1. The minimum Gasteiger partial charge on any atom is -0.325 e. The number of hydrogen-bond donors (Lipinski definition) is 1. The average Bonchev–Trinajstić information content (AvgIpc) is 2.90. The number of carbonyl (C=O) groups excluding carboxylic acids is 1. The molecule has 0 aliphatic rings. The summed E-state index contributed by atoms with van der Waals surface area (Å²) in [4.78, 5) is 17.6. The molecule has 0 aliphatic heterocycles. The molecule has 1 heterocycles. The molecule has 23 heavy (non-hydrogen) atoms. The second kappa shape index (κ2) is 7.32. The quantitative estimate of drug-likeness (QED) is 0.889. The Morgan fingerprint density at radius 3 is 2.78 bits per heavy atom. The Bertz CT molecular complexity index is 684. The van der Waals surface area contributed by atoms with Crippen LogP contribution in [0.5, 0.6) is 0 Å². The predicted molar refractivity (Wildman–Crippen MR) is 84.4 cm³/mol. The molecule has 7 heteroatoms. The first-order valence-corrected chi connectivity index (χ1v) is 7.22. The highest BCUT2D eigenvalue weighted by atomic mass is 19.3. The molecule has 0 atom stereocenters. The van der Waals surface area contributed by atoms with E-state index in [9.17, 15) is 13.6 Å². The van der Waals surface area contributed by atoms with E-state index in [1.54, 1.807) is 11.9 Å². The maximum Gasteiger partial charge on any atom is 0.319 e. The molecule has 5 nitrogen and oxygen atoms in total. The van der Waals surface area contributed by atoms with Crippen LogP contribution in [0.3, 0.4) is 0 Å². The van der Waals surface area contributed by atoms with Gasteiger partial charge in [0.25, 0.3) is 0 Å². The number of likely N-dealkylation sites (N-methyl/N-ethyl adjacent to an activating group) is 1. The van der Waals surface area contributed by atoms with Gasteiger partial charge in [0.15, 0.2) is 0 Å². The van der Waals surface area contributed by atoms with E-state index in [-0.39, 0.29) is 24.8 Å². The number of imidazole rings is 1. The highest BCUT2D eigenvalue weighted by Gasteiger charge is 2.15. The molecule has 0 fully saturated rings. The Kier molecular flexibility index (Phi) is 5.44. The number of nitrogens with zero attached hydrogens (tertiary/aromatic N) is 3.